The van der Waals surface area contributed by atoms with Crippen molar-refractivity contribution >= 4 is 51.9 Å². The van der Waals surface area contributed by atoms with E-state index in [1.165, 1.54) is 22.7 Å². The third kappa shape index (κ3) is 3.36. The van der Waals surface area contributed by atoms with E-state index in [9.17, 15) is 14.7 Å². The van der Waals surface area contributed by atoms with Crippen molar-refractivity contribution in [2.45, 2.75) is 13.8 Å². The molecule has 126 valence electrons. The van der Waals surface area contributed by atoms with Gasteiger partial charge in [0.1, 0.15) is 0 Å². The molecule has 2 aromatic carbocycles. The van der Waals surface area contributed by atoms with Gasteiger partial charge in [0.2, 0.25) is 0 Å². The molecule has 0 spiro atoms. The number of carbonyl (C=O) groups excluding carboxylic acids is 1. The van der Waals surface area contributed by atoms with E-state index in [0.29, 0.717) is 14.8 Å². The maximum absolute atomic E-state index is 12.8. The molecule has 4 nitrogen and oxygen atoms in total. The Morgan fingerprint density at radius 2 is 1.88 bits per heavy atom. The summed E-state index contributed by atoms with van der Waals surface area (Å²) in [6.45, 7) is 3.99. The van der Waals surface area contributed by atoms with Crippen molar-refractivity contribution in [3.63, 3.8) is 0 Å². The van der Waals surface area contributed by atoms with Crippen LogP contribution in [0, 0.1) is 13.8 Å². The lowest BCUT2D eigenvalue weighted by Crippen LogP contribution is -2.27. The molecule has 6 heteroatoms. The monoisotopic (exact) mass is 369 g/mol. The second-order valence-corrected chi connectivity index (χ2v) is 7.35. The zero-order chi connectivity index (χ0) is 18.1. The molecule has 1 aliphatic heterocycles. The van der Waals surface area contributed by atoms with Crippen LogP contribution in [0.2, 0.25) is 0 Å². The zero-order valence-electron chi connectivity index (χ0n) is 13.6. The van der Waals surface area contributed by atoms with Crippen molar-refractivity contribution in [1.82, 2.24) is 0 Å². The third-order valence-electron chi connectivity index (χ3n) is 4.02. The Morgan fingerprint density at radius 1 is 1.16 bits per heavy atom. The van der Waals surface area contributed by atoms with E-state index >= 15 is 0 Å². The molecule has 25 heavy (non-hydrogen) atoms. The molecule has 0 unspecified atom stereocenters. The number of carboxylic acids is 1. The molecule has 0 aliphatic carbocycles. The van der Waals surface area contributed by atoms with Crippen molar-refractivity contribution in [2.24, 2.45) is 0 Å². The standard InChI is InChI=1S/C19H15NO3S2/c1-11-7-8-14(9-12(11)2)20-17(21)16(25-19(20)24)10-13-5-3-4-6-15(13)18(22)23/h3-10H,1-2H3,(H,22,23)/b16-10+. The molecule has 0 aromatic heterocycles. The normalized spacial score (nSPS) is 15.9. The summed E-state index contributed by atoms with van der Waals surface area (Å²) in [7, 11) is 0. The lowest BCUT2D eigenvalue weighted by Gasteiger charge is -2.15. The van der Waals surface area contributed by atoms with Crippen LogP contribution in [0.1, 0.15) is 27.0 Å². The Balaban J connectivity index is 1.99. The fraction of sp³-hybridized carbons (Fsp3) is 0.105. The van der Waals surface area contributed by atoms with Crippen LogP contribution >= 0.6 is 24.0 Å². The SMILES string of the molecule is Cc1ccc(N2C(=O)/C(=C\c3ccccc3C(=O)O)SC2=S)cc1C. The first-order valence-electron chi connectivity index (χ1n) is 7.56. The summed E-state index contributed by atoms with van der Waals surface area (Å²) in [6.07, 6.45) is 1.59. The summed E-state index contributed by atoms with van der Waals surface area (Å²) in [5, 5.41) is 9.29. The average molecular weight is 369 g/mol. The summed E-state index contributed by atoms with van der Waals surface area (Å²) in [6, 6.07) is 12.3. The van der Waals surface area contributed by atoms with Gasteiger partial charge in [-0.25, -0.2) is 4.79 Å². The first kappa shape index (κ1) is 17.4. The number of thioether (sulfide) groups is 1. The zero-order valence-corrected chi connectivity index (χ0v) is 15.3. The minimum absolute atomic E-state index is 0.152. The first-order valence-corrected chi connectivity index (χ1v) is 8.78. The summed E-state index contributed by atoms with van der Waals surface area (Å²) in [4.78, 5) is 26.0. The molecule has 0 atom stereocenters. The van der Waals surface area contributed by atoms with E-state index < -0.39 is 5.97 Å². The van der Waals surface area contributed by atoms with E-state index in [4.69, 9.17) is 12.2 Å². The maximum Gasteiger partial charge on any atom is 0.336 e. The Morgan fingerprint density at radius 3 is 2.56 bits per heavy atom. The molecule has 3 rings (SSSR count). The third-order valence-corrected chi connectivity index (χ3v) is 5.32. The van der Waals surface area contributed by atoms with Gasteiger partial charge in [-0.3, -0.25) is 9.69 Å². The largest absolute Gasteiger partial charge is 0.478 e. The van der Waals surface area contributed by atoms with E-state index in [1.54, 1.807) is 24.3 Å². The van der Waals surface area contributed by atoms with E-state index in [1.807, 2.05) is 32.0 Å². The predicted molar refractivity (Wildman–Crippen MR) is 105 cm³/mol. The van der Waals surface area contributed by atoms with Crippen LogP contribution < -0.4 is 4.90 Å². The summed E-state index contributed by atoms with van der Waals surface area (Å²) in [5.74, 6) is -1.27. The number of benzene rings is 2. The number of rotatable bonds is 3. The highest BCUT2D eigenvalue weighted by Crippen LogP contribution is 2.36. The second kappa shape index (κ2) is 6.82. The minimum atomic E-state index is -1.03. The molecule has 0 saturated carbocycles. The number of carboxylic acid groups (broad SMARTS) is 1. The Labute approximate surface area is 155 Å². The fourth-order valence-corrected chi connectivity index (χ4v) is 3.80. The van der Waals surface area contributed by atoms with Gasteiger partial charge in [0.15, 0.2) is 4.32 Å². The molecule has 1 fully saturated rings. The highest BCUT2D eigenvalue weighted by Gasteiger charge is 2.33. The van der Waals surface area contributed by atoms with E-state index in [-0.39, 0.29) is 11.5 Å². The number of aromatic carboxylic acids is 1. The molecule has 1 amide bonds. The van der Waals surface area contributed by atoms with Crippen LogP contribution in [-0.4, -0.2) is 21.3 Å². The average Bonchev–Trinajstić information content (AvgIpc) is 2.84. The molecule has 1 N–H and O–H groups in total. The van der Waals surface area contributed by atoms with E-state index in [2.05, 4.69) is 0 Å². The lowest BCUT2D eigenvalue weighted by molar-refractivity contribution is -0.113. The number of amides is 1. The fourth-order valence-electron chi connectivity index (χ4n) is 2.51. The molecule has 0 bridgehead atoms. The van der Waals surface area contributed by atoms with Crippen LogP contribution in [0.15, 0.2) is 47.4 Å². The van der Waals surface area contributed by atoms with Gasteiger partial charge in [0, 0.05) is 0 Å². The van der Waals surface area contributed by atoms with Crippen LogP contribution in [0.25, 0.3) is 6.08 Å². The minimum Gasteiger partial charge on any atom is -0.478 e. The van der Waals surface area contributed by atoms with E-state index in [0.717, 1.165) is 16.8 Å². The van der Waals surface area contributed by atoms with Crippen molar-refractivity contribution < 1.29 is 14.7 Å². The van der Waals surface area contributed by atoms with Gasteiger partial charge >= 0.3 is 5.97 Å². The van der Waals surface area contributed by atoms with Crippen LogP contribution in [0.5, 0.6) is 0 Å². The number of aryl methyl sites for hydroxylation is 2. The van der Waals surface area contributed by atoms with Gasteiger partial charge in [-0.05, 0) is 54.8 Å². The topological polar surface area (TPSA) is 57.6 Å². The summed E-state index contributed by atoms with van der Waals surface area (Å²) in [5.41, 5.74) is 3.57. The van der Waals surface area contributed by atoms with Crippen LogP contribution in [0.3, 0.4) is 0 Å². The highest BCUT2D eigenvalue weighted by molar-refractivity contribution is 8.27. The Hall–Kier alpha value is -2.44. The van der Waals surface area contributed by atoms with Crippen molar-refractivity contribution in [3.05, 3.63) is 69.6 Å². The number of carbonyl (C=O) groups is 2. The van der Waals surface area contributed by atoms with Gasteiger partial charge in [0.25, 0.3) is 5.91 Å². The molecule has 1 saturated heterocycles. The number of thiocarbonyl (C=S) groups is 1. The number of nitrogens with zero attached hydrogens (tertiary/aromatic N) is 1. The number of anilines is 1. The predicted octanol–water partition coefficient (Wildman–Crippen LogP) is 4.41. The van der Waals surface area contributed by atoms with Crippen molar-refractivity contribution in [1.29, 1.82) is 0 Å². The van der Waals surface area contributed by atoms with Gasteiger partial charge < -0.3 is 5.11 Å². The Kier molecular flexibility index (Phi) is 4.74. The quantitative estimate of drug-likeness (QED) is 0.642. The molecular weight excluding hydrogens is 354 g/mol. The molecule has 2 aromatic rings. The molecule has 0 radical (unpaired) electrons. The van der Waals surface area contributed by atoms with Crippen molar-refractivity contribution in [3.8, 4) is 0 Å². The van der Waals surface area contributed by atoms with Gasteiger partial charge in [0.05, 0.1) is 16.2 Å². The smallest absolute Gasteiger partial charge is 0.336 e. The van der Waals surface area contributed by atoms with Gasteiger partial charge in [-0.1, -0.05) is 48.2 Å². The number of hydrogen-bond acceptors (Lipinski definition) is 4. The molecular formula is C19H15NO3S2. The van der Waals surface area contributed by atoms with Crippen LogP contribution in [0.4, 0.5) is 5.69 Å². The maximum atomic E-state index is 12.8. The molecule has 1 aliphatic rings. The molecule has 1 heterocycles. The van der Waals surface area contributed by atoms with Gasteiger partial charge in [-0.2, -0.15) is 0 Å². The van der Waals surface area contributed by atoms with Crippen molar-refractivity contribution in [2.75, 3.05) is 4.90 Å². The summed E-state index contributed by atoms with van der Waals surface area (Å²) < 4.78 is 0.437. The van der Waals surface area contributed by atoms with Gasteiger partial charge in [-0.15, -0.1) is 0 Å². The Bertz CT molecular complexity index is 934. The number of hydrogen-bond donors (Lipinski definition) is 1. The summed E-state index contributed by atoms with van der Waals surface area (Å²) >= 11 is 6.54. The second-order valence-electron chi connectivity index (χ2n) is 5.68. The first-order chi connectivity index (χ1) is 11.9. The van der Waals surface area contributed by atoms with Crippen LogP contribution in [-0.2, 0) is 4.79 Å². The highest BCUT2D eigenvalue weighted by atomic mass is 32.2. The lowest BCUT2D eigenvalue weighted by atomic mass is 10.1.